The van der Waals surface area contributed by atoms with Gasteiger partial charge in [-0.3, -0.25) is 0 Å². The lowest BCUT2D eigenvalue weighted by atomic mass is 9.89. The van der Waals surface area contributed by atoms with Gasteiger partial charge in [-0.2, -0.15) is 8.78 Å². The summed E-state index contributed by atoms with van der Waals surface area (Å²) >= 11 is 0. The maximum Gasteiger partial charge on any atom is 0.300 e. The monoisotopic (exact) mass is 242 g/mol. The van der Waals surface area contributed by atoms with Crippen molar-refractivity contribution >= 4 is 0 Å². The summed E-state index contributed by atoms with van der Waals surface area (Å²) in [7, 11) is 0. The molecule has 0 radical (unpaired) electrons. The molecule has 0 spiro atoms. The Hall–Kier alpha value is -1.00. The molecule has 2 N–H and O–H groups in total. The number of aliphatic hydroxyl groups excluding tert-OH is 1. The molecule has 1 aromatic carbocycles. The lowest BCUT2D eigenvalue weighted by Crippen LogP contribution is -2.40. The van der Waals surface area contributed by atoms with E-state index < -0.39 is 17.6 Å². The van der Waals surface area contributed by atoms with Gasteiger partial charge in [-0.15, -0.1) is 0 Å². The van der Waals surface area contributed by atoms with E-state index in [0.29, 0.717) is 24.0 Å². The zero-order valence-corrected chi connectivity index (χ0v) is 9.87. The van der Waals surface area contributed by atoms with E-state index in [2.05, 4.69) is 0 Å². The average molecular weight is 242 g/mol. The zero-order chi connectivity index (χ0) is 12.8. The standard InChI is InChI=1S/C13H16F2O2/c1-12(2,17)13(14,15)10-5-3-4-9-8(10)6-7-11(9)16/h3-5,11,16-17H,6-7H2,1-2H3/t11-/m0/s1. The fourth-order valence-corrected chi connectivity index (χ4v) is 2.26. The SMILES string of the molecule is CC(C)(O)C(F)(F)c1cccc2c1CC[C@@H]2O. The topological polar surface area (TPSA) is 40.5 Å². The molecule has 0 fully saturated rings. The van der Waals surface area contributed by atoms with Crippen LogP contribution in [0.3, 0.4) is 0 Å². The summed E-state index contributed by atoms with van der Waals surface area (Å²) in [5, 5.41) is 19.3. The van der Waals surface area contributed by atoms with Crippen molar-refractivity contribution in [3.63, 3.8) is 0 Å². The molecule has 1 aliphatic carbocycles. The van der Waals surface area contributed by atoms with Crippen LogP contribution in [0.25, 0.3) is 0 Å². The third-order valence-electron chi connectivity index (χ3n) is 3.35. The highest BCUT2D eigenvalue weighted by atomic mass is 19.3. The van der Waals surface area contributed by atoms with Crippen molar-refractivity contribution in [1.29, 1.82) is 0 Å². The Morgan fingerprint density at radius 1 is 1.29 bits per heavy atom. The van der Waals surface area contributed by atoms with Gasteiger partial charge in [0.15, 0.2) is 0 Å². The van der Waals surface area contributed by atoms with Crippen LogP contribution in [-0.4, -0.2) is 15.8 Å². The van der Waals surface area contributed by atoms with Crippen molar-refractivity contribution in [3.8, 4) is 0 Å². The number of rotatable bonds is 2. The van der Waals surface area contributed by atoms with Crippen LogP contribution >= 0.6 is 0 Å². The normalized spacial score (nSPS) is 20.5. The number of benzene rings is 1. The highest BCUT2D eigenvalue weighted by molar-refractivity contribution is 5.43. The van der Waals surface area contributed by atoms with Crippen molar-refractivity contribution in [2.45, 2.75) is 44.3 Å². The van der Waals surface area contributed by atoms with E-state index in [4.69, 9.17) is 0 Å². The van der Waals surface area contributed by atoms with Crippen LogP contribution in [0.4, 0.5) is 8.78 Å². The number of hydrogen-bond donors (Lipinski definition) is 2. The minimum absolute atomic E-state index is 0.168. The molecule has 17 heavy (non-hydrogen) atoms. The second-order valence-electron chi connectivity index (χ2n) is 5.06. The number of fused-ring (bicyclic) bond motifs is 1. The van der Waals surface area contributed by atoms with Crippen molar-refractivity contribution in [2.75, 3.05) is 0 Å². The molecule has 0 amide bonds. The molecule has 0 saturated carbocycles. The molecule has 0 unspecified atom stereocenters. The number of hydrogen-bond acceptors (Lipinski definition) is 2. The molecule has 94 valence electrons. The molecule has 1 atom stereocenters. The highest BCUT2D eigenvalue weighted by Crippen LogP contribution is 2.44. The lowest BCUT2D eigenvalue weighted by molar-refractivity contribution is -0.169. The fraction of sp³-hybridized carbons (Fsp3) is 0.538. The van der Waals surface area contributed by atoms with Crippen LogP contribution in [0.5, 0.6) is 0 Å². The van der Waals surface area contributed by atoms with Crippen LogP contribution in [0.15, 0.2) is 18.2 Å². The minimum atomic E-state index is -3.32. The van der Waals surface area contributed by atoms with Gasteiger partial charge in [0.25, 0.3) is 0 Å². The largest absolute Gasteiger partial charge is 0.388 e. The summed E-state index contributed by atoms with van der Waals surface area (Å²) in [6.07, 6.45) is 0.231. The van der Waals surface area contributed by atoms with Gasteiger partial charge in [0.1, 0.15) is 5.60 Å². The Labute approximate surface area is 98.9 Å². The quantitative estimate of drug-likeness (QED) is 0.836. The highest BCUT2D eigenvalue weighted by Gasteiger charge is 2.49. The van der Waals surface area contributed by atoms with E-state index in [9.17, 15) is 19.0 Å². The maximum absolute atomic E-state index is 14.1. The zero-order valence-electron chi connectivity index (χ0n) is 9.87. The Balaban J connectivity index is 2.55. The molecule has 4 heteroatoms. The van der Waals surface area contributed by atoms with Gasteiger partial charge in [-0.1, -0.05) is 18.2 Å². The molecule has 0 bridgehead atoms. The summed E-state index contributed by atoms with van der Waals surface area (Å²) in [5.74, 6) is -3.32. The van der Waals surface area contributed by atoms with Gasteiger partial charge in [-0.25, -0.2) is 0 Å². The fourth-order valence-electron chi connectivity index (χ4n) is 2.26. The Morgan fingerprint density at radius 2 is 1.94 bits per heavy atom. The number of halogens is 2. The maximum atomic E-state index is 14.1. The Bertz CT molecular complexity index is 436. The predicted octanol–water partition coefficient (Wildman–Crippen LogP) is 2.53. The van der Waals surface area contributed by atoms with Gasteiger partial charge in [0.2, 0.25) is 0 Å². The second-order valence-corrected chi connectivity index (χ2v) is 5.06. The van der Waals surface area contributed by atoms with Crippen LogP contribution < -0.4 is 0 Å². The predicted molar refractivity (Wildman–Crippen MR) is 59.9 cm³/mol. The van der Waals surface area contributed by atoms with Crippen molar-refractivity contribution in [2.24, 2.45) is 0 Å². The van der Waals surface area contributed by atoms with E-state index in [1.807, 2.05) is 0 Å². The number of alkyl halides is 2. The van der Waals surface area contributed by atoms with Crippen LogP contribution in [0.1, 0.15) is 43.1 Å². The molecular formula is C13H16F2O2. The third kappa shape index (κ3) is 1.85. The van der Waals surface area contributed by atoms with Crippen molar-refractivity contribution in [3.05, 3.63) is 34.9 Å². The lowest BCUT2D eigenvalue weighted by Gasteiger charge is -2.30. The van der Waals surface area contributed by atoms with Gasteiger partial charge < -0.3 is 10.2 Å². The summed E-state index contributed by atoms with van der Waals surface area (Å²) in [6.45, 7) is 2.19. The number of aliphatic hydroxyl groups is 2. The van der Waals surface area contributed by atoms with E-state index in [1.165, 1.54) is 12.1 Å². The average Bonchev–Trinajstić information content (AvgIpc) is 2.59. The molecule has 1 aromatic rings. The molecular weight excluding hydrogens is 226 g/mol. The van der Waals surface area contributed by atoms with Crippen molar-refractivity contribution in [1.82, 2.24) is 0 Å². The first-order chi connectivity index (χ1) is 7.75. The molecule has 2 nitrogen and oxygen atoms in total. The first kappa shape index (κ1) is 12.5. The molecule has 2 rings (SSSR count). The van der Waals surface area contributed by atoms with Gasteiger partial charge >= 0.3 is 5.92 Å². The molecule has 1 aliphatic rings. The minimum Gasteiger partial charge on any atom is -0.388 e. The molecule has 0 aliphatic heterocycles. The molecule has 0 saturated heterocycles. The summed E-state index contributed by atoms with van der Waals surface area (Å²) in [6, 6.07) is 4.49. The van der Waals surface area contributed by atoms with E-state index in [-0.39, 0.29) is 5.56 Å². The first-order valence-corrected chi connectivity index (χ1v) is 5.65. The smallest absolute Gasteiger partial charge is 0.300 e. The summed E-state index contributed by atoms with van der Waals surface area (Å²) in [5.41, 5.74) is -1.24. The van der Waals surface area contributed by atoms with E-state index >= 15 is 0 Å². The van der Waals surface area contributed by atoms with Crippen LogP contribution in [0, 0.1) is 0 Å². The second kappa shape index (κ2) is 3.75. The summed E-state index contributed by atoms with van der Waals surface area (Å²) in [4.78, 5) is 0. The van der Waals surface area contributed by atoms with Gasteiger partial charge in [0.05, 0.1) is 6.10 Å². The first-order valence-electron chi connectivity index (χ1n) is 5.65. The van der Waals surface area contributed by atoms with Crippen molar-refractivity contribution < 1.29 is 19.0 Å². The van der Waals surface area contributed by atoms with E-state index in [0.717, 1.165) is 13.8 Å². The van der Waals surface area contributed by atoms with Crippen LogP contribution in [-0.2, 0) is 12.3 Å². The summed E-state index contributed by atoms with van der Waals surface area (Å²) < 4.78 is 28.2. The van der Waals surface area contributed by atoms with Crippen LogP contribution in [0.2, 0.25) is 0 Å². The Morgan fingerprint density at radius 3 is 2.53 bits per heavy atom. The molecule has 0 heterocycles. The molecule has 0 aromatic heterocycles. The van der Waals surface area contributed by atoms with E-state index in [1.54, 1.807) is 6.07 Å². The van der Waals surface area contributed by atoms with Gasteiger partial charge in [-0.05, 0) is 37.8 Å². The Kier molecular flexibility index (Phi) is 2.75. The van der Waals surface area contributed by atoms with Gasteiger partial charge in [0, 0.05) is 5.56 Å². The third-order valence-corrected chi connectivity index (χ3v) is 3.35.